The molecule has 0 spiro atoms. The maximum atomic E-state index is 12.3. The van der Waals surface area contributed by atoms with Gasteiger partial charge in [-0.1, -0.05) is 18.9 Å². The normalized spacial score (nSPS) is 17.7. The summed E-state index contributed by atoms with van der Waals surface area (Å²) in [6, 6.07) is 9.50. The molecule has 2 aromatic rings. The third kappa shape index (κ3) is 2.94. The fourth-order valence-electron chi connectivity index (χ4n) is 3.54. The molecular formula is C18H20N2O3S. The van der Waals surface area contributed by atoms with Crippen molar-refractivity contribution < 1.29 is 14.3 Å². The first-order chi connectivity index (χ1) is 11.8. The van der Waals surface area contributed by atoms with Crippen molar-refractivity contribution in [2.24, 2.45) is 0 Å². The standard InChI is InChI=1S/C18H20N2O3S/c21-17(20-13-5-6-14-15(10-13)23-12-22-14)19-11-18(7-1-2-8-18)16-4-3-9-24-16/h3-6,9-10H,1-2,7-8,11-12H2,(H2,19,20,21). The van der Waals surface area contributed by atoms with Gasteiger partial charge >= 0.3 is 6.03 Å². The number of hydrogen-bond donors (Lipinski definition) is 2. The van der Waals surface area contributed by atoms with Crippen LogP contribution in [0.25, 0.3) is 0 Å². The summed E-state index contributed by atoms with van der Waals surface area (Å²) in [4.78, 5) is 13.7. The maximum Gasteiger partial charge on any atom is 0.319 e. The van der Waals surface area contributed by atoms with Gasteiger partial charge in [0.15, 0.2) is 11.5 Å². The Bertz CT molecular complexity index is 724. The number of rotatable bonds is 4. The van der Waals surface area contributed by atoms with Gasteiger partial charge in [0.25, 0.3) is 0 Å². The fourth-order valence-corrected chi connectivity index (χ4v) is 4.53. The van der Waals surface area contributed by atoms with Gasteiger partial charge in [-0.3, -0.25) is 0 Å². The number of ether oxygens (including phenoxy) is 2. The minimum absolute atomic E-state index is 0.0976. The predicted molar refractivity (Wildman–Crippen MR) is 94.1 cm³/mol. The molecule has 1 fully saturated rings. The van der Waals surface area contributed by atoms with Gasteiger partial charge in [-0.15, -0.1) is 11.3 Å². The second-order valence-corrected chi connectivity index (χ2v) is 7.29. The van der Waals surface area contributed by atoms with Crippen molar-refractivity contribution in [2.45, 2.75) is 31.1 Å². The lowest BCUT2D eigenvalue weighted by molar-refractivity contribution is 0.174. The summed E-state index contributed by atoms with van der Waals surface area (Å²) in [6.45, 7) is 0.901. The summed E-state index contributed by atoms with van der Waals surface area (Å²) in [5, 5.41) is 8.04. The maximum absolute atomic E-state index is 12.3. The van der Waals surface area contributed by atoms with Crippen molar-refractivity contribution in [3.05, 3.63) is 40.6 Å². The Morgan fingerprint density at radius 1 is 1.17 bits per heavy atom. The average Bonchev–Trinajstić information content (AvgIpc) is 3.32. The van der Waals surface area contributed by atoms with Crippen LogP contribution in [0.2, 0.25) is 0 Å². The van der Waals surface area contributed by atoms with E-state index in [9.17, 15) is 4.79 Å². The number of carbonyl (C=O) groups is 1. The van der Waals surface area contributed by atoms with Crippen LogP contribution in [0.15, 0.2) is 35.7 Å². The van der Waals surface area contributed by atoms with E-state index in [0.717, 1.165) is 12.8 Å². The van der Waals surface area contributed by atoms with E-state index in [4.69, 9.17) is 9.47 Å². The SMILES string of the molecule is O=C(NCC1(c2cccs2)CCCC1)Nc1ccc2c(c1)OCO2. The Balaban J connectivity index is 1.39. The summed E-state index contributed by atoms with van der Waals surface area (Å²) in [6.07, 6.45) is 4.72. The highest BCUT2D eigenvalue weighted by atomic mass is 32.1. The van der Waals surface area contributed by atoms with E-state index in [1.54, 1.807) is 17.4 Å². The molecule has 24 heavy (non-hydrogen) atoms. The quantitative estimate of drug-likeness (QED) is 0.877. The summed E-state index contributed by atoms with van der Waals surface area (Å²) in [7, 11) is 0. The zero-order valence-corrected chi connectivity index (χ0v) is 14.2. The Morgan fingerprint density at radius 3 is 2.79 bits per heavy atom. The van der Waals surface area contributed by atoms with Crippen molar-refractivity contribution in [1.29, 1.82) is 0 Å². The Hall–Kier alpha value is -2.21. The molecular weight excluding hydrogens is 324 g/mol. The molecule has 2 heterocycles. The van der Waals surface area contributed by atoms with Crippen LogP contribution in [0.1, 0.15) is 30.6 Å². The molecule has 0 bridgehead atoms. The second-order valence-electron chi connectivity index (χ2n) is 6.34. The Kier molecular flexibility index (Phi) is 4.06. The smallest absolute Gasteiger partial charge is 0.319 e. The van der Waals surface area contributed by atoms with Crippen molar-refractivity contribution in [2.75, 3.05) is 18.7 Å². The van der Waals surface area contributed by atoms with Crippen molar-refractivity contribution >= 4 is 23.1 Å². The number of nitrogens with one attached hydrogen (secondary N) is 2. The largest absolute Gasteiger partial charge is 0.454 e. The van der Waals surface area contributed by atoms with Gasteiger partial charge in [0.1, 0.15) is 0 Å². The number of anilines is 1. The van der Waals surface area contributed by atoms with Crippen LogP contribution in [-0.4, -0.2) is 19.4 Å². The zero-order chi connectivity index (χ0) is 16.4. The molecule has 2 amide bonds. The summed E-state index contributed by atoms with van der Waals surface area (Å²) in [5.74, 6) is 1.38. The van der Waals surface area contributed by atoms with Crippen LogP contribution in [-0.2, 0) is 5.41 Å². The summed E-state index contributed by atoms with van der Waals surface area (Å²) in [5.41, 5.74) is 0.800. The van der Waals surface area contributed by atoms with Gasteiger partial charge in [-0.05, 0) is 36.4 Å². The number of benzene rings is 1. The van der Waals surface area contributed by atoms with E-state index in [2.05, 4.69) is 28.1 Å². The van der Waals surface area contributed by atoms with E-state index in [-0.39, 0.29) is 18.2 Å². The van der Waals surface area contributed by atoms with Gasteiger partial charge in [-0.25, -0.2) is 4.79 Å². The van der Waals surface area contributed by atoms with E-state index in [1.807, 2.05) is 12.1 Å². The molecule has 6 heteroatoms. The third-order valence-corrected chi connectivity index (χ3v) is 5.94. The van der Waals surface area contributed by atoms with Crippen LogP contribution in [0.5, 0.6) is 11.5 Å². The highest BCUT2D eigenvalue weighted by molar-refractivity contribution is 7.10. The number of carbonyl (C=O) groups excluding carboxylic acids is 1. The number of urea groups is 1. The molecule has 2 aliphatic rings. The molecule has 1 saturated carbocycles. The predicted octanol–water partition coefficient (Wildman–Crippen LogP) is 4.11. The Morgan fingerprint density at radius 2 is 2.00 bits per heavy atom. The molecule has 5 nitrogen and oxygen atoms in total. The Labute approximate surface area is 145 Å². The fraction of sp³-hybridized carbons (Fsp3) is 0.389. The summed E-state index contributed by atoms with van der Waals surface area (Å²) < 4.78 is 10.6. The number of fused-ring (bicyclic) bond motifs is 1. The van der Waals surface area contributed by atoms with Crippen LogP contribution in [0, 0.1) is 0 Å². The molecule has 0 atom stereocenters. The molecule has 0 unspecified atom stereocenters. The van der Waals surface area contributed by atoms with Crippen LogP contribution in [0.4, 0.5) is 10.5 Å². The van der Waals surface area contributed by atoms with Crippen LogP contribution >= 0.6 is 11.3 Å². The molecule has 0 saturated heterocycles. The lowest BCUT2D eigenvalue weighted by Crippen LogP contribution is -2.40. The first kappa shape index (κ1) is 15.3. The monoisotopic (exact) mass is 344 g/mol. The first-order valence-electron chi connectivity index (χ1n) is 8.24. The average molecular weight is 344 g/mol. The van der Waals surface area contributed by atoms with E-state index in [0.29, 0.717) is 23.7 Å². The van der Waals surface area contributed by atoms with Crippen molar-refractivity contribution in [3.8, 4) is 11.5 Å². The molecule has 0 radical (unpaired) electrons. The lowest BCUT2D eigenvalue weighted by atomic mass is 9.84. The first-order valence-corrected chi connectivity index (χ1v) is 9.12. The molecule has 1 aromatic heterocycles. The highest BCUT2D eigenvalue weighted by Crippen LogP contribution is 2.42. The minimum Gasteiger partial charge on any atom is -0.454 e. The van der Waals surface area contributed by atoms with Crippen LogP contribution < -0.4 is 20.1 Å². The molecule has 1 aromatic carbocycles. The second kappa shape index (κ2) is 6.36. The van der Waals surface area contributed by atoms with E-state index in [1.165, 1.54) is 17.7 Å². The van der Waals surface area contributed by atoms with E-state index < -0.39 is 0 Å². The third-order valence-electron chi connectivity index (χ3n) is 4.82. The topological polar surface area (TPSA) is 59.6 Å². The van der Waals surface area contributed by atoms with Gasteiger partial charge in [0.05, 0.1) is 0 Å². The van der Waals surface area contributed by atoms with Gasteiger partial charge in [0, 0.05) is 28.6 Å². The number of hydrogen-bond acceptors (Lipinski definition) is 4. The lowest BCUT2D eigenvalue weighted by Gasteiger charge is -2.28. The molecule has 4 rings (SSSR count). The molecule has 1 aliphatic carbocycles. The van der Waals surface area contributed by atoms with Gasteiger partial charge in [0.2, 0.25) is 6.79 Å². The number of amides is 2. The minimum atomic E-state index is -0.184. The molecule has 2 N–H and O–H groups in total. The van der Waals surface area contributed by atoms with Crippen LogP contribution in [0.3, 0.4) is 0 Å². The molecule has 126 valence electrons. The van der Waals surface area contributed by atoms with Gasteiger partial charge in [-0.2, -0.15) is 0 Å². The zero-order valence-electron chi connectivity index (χ0n) is 13.3. The summed E-state index contributed by atoms with van der Waals surface area (Å²) >= 11 is 1.79. The van der Waals surface area contributed by atoms with Gasteiger partial charge < -0.3 is 20.1 Å². The van der Waals surface area contributed by atoms with Crippen molar-refractivity contribution in [3.63, 3.8) is 0 Å². The van der Waals surface area contributed by atoms with Crippen molar-refractivity contribution in [1.82, 2.24) is 5.32 Å². The number of thiophene rings is 1. The highest BCUT2D eigenvalue weighted by Gasteiger charge is 2.36. The van der Waals surface area contributed by atoms with E-state index >= 15 is 0 Å². The molecule has 1 aliphatic heterocycles.